The van der Waals surface area contributed by atoms with Crippen molar-refractivity contribution < 1.29 is 9.59 Å². The van der Waals surface area contributed by atoms with Crippen molar-refractivity contribution in [2.45, 2.75) is 30.7 Å². The maximum atomic E-state index is 13.3. The van der Waals surface area contributed by atoms with E-state index in [4.69, 9.17) is 5.73 Å². The Balaban J connectivity index is 1.51. The standard InChI is InChI=1S/C31H38N4O2/c1-34(2)23-28(22-24-12-6-3-7-13-24)33-30(37)35-20-18-27(19-21-35)31(29(32)36,25-14-8-4-9-15-25)26-16-10-5-11-17-26/h3-17,27-28H,18-23H2,1-2H3,(H2,32,36)(H,33,37). The van der Waals surface area contributed by atoms with Crippen LogP contribution in [0.25, 0.3) is 0 Å². The number of nitrogens with zero attached hydrogens (tertiary/aromatic N) is 2. The highest BCUT2D eigenvalue weighted by atomic mass is 16.2. The van der Waals surface area contributed by atoms with Crippen molar-refractivity contribution in [3.63, 3.8) is 0 Å². The van der Waals surface area contributed by atoms with E-state index in [0.29, 0.717) is 25.9 Å². The van der Waals surface area contributed by atoms with E-state index in [1.165, 1.54) is 5.56 Å². The molecule has 6 nitrogen and oxygen atoms in total. The normalized spacial score (nSPS) is 15.4. The number of hydrogen-bond donors (Lipinski definition) is 2. The van der Waals surface area contributed by atoms with Gasteiger partial charge in [-0.1, -0.05) is 91.0 Å². The van der Waals surface area contributed by atoms with Gasteiger partial charge in [-0.25, -0.2) is 4.79 Å². The van der Waals surface area contributed by atoms with Crippen LogP contribution in [-0.2, 0) is 16.6 Å². The Morgan fingerprint density at radius 1 is 0.892 bits per heavy atom. The van der Waals surface area contributed by atoms with Gasteiger partial charge >= 0.3 is 6.03 Å². The van der Waals surface area contributed by atoms with Gasteiger partial charge in [0.1, 0.15) is 5.41 Å². The van der Waals surface area contributed by atoms with Crippen LogP contribution in [0.5, 0.6) is 0 Å². The van der Waals surface area contributed by atoms with Crippen LogP contribution in [0.2, 0.25) is 0 Å². The van der Waals surface area contributed by atoms with Crippen LogP contribution in [0.4, 0.5) is 4.79 Å². The molecule has 0 spiro atoms. The van der Waals surface area contributed by atoms with Crippen molar-refractivity contribution in [3.05, 3.63) is 108 Å². The quantitative estimate of drug-likeness (QED) is 0.467. The van der Waals surface area contributed by atoms with Gasteiger partial charge in [-0.05, 0) is 56.0 Å². The molecule has 6 heteroatoms. The van der Waals surface area contributed by atoms with Crippen LogP contribution in [-0.4, -0.2) is 61.5 Å². The second-order valence-corrected chi connectivity index (χ2v) is 10.3. The third kappa shape index (κ3) is 6.03. The fourth-order valence-corrected chi connectivity index (χ4v) is 5.81. The molecule has 194 valence electrons. The number of hydrogen-bond acceptors (Lipinski definition) is 3. The number of likely N-dealkylation sites (N-methyl/N-ethyl adjacent to an activating group) is 1. The molecule has 1 aliphatic heterocycles. The fourth-order valence-electron chi connectivity index (χ4n) is 5.81. The molecular formula is C31H38N4O2. The Labute approximate surface area is 220 Å². The second kappa shape index (κ2) is 12.1. The first kappa shape index (κ1) is 26.4. The summed E-state index contributed by atoms with van der Waals surface area (Å²) in [5.41, 5.74) is 8.29. The number of carbonyl (C=O) groups excluding carboxylic acids is 2. The third-order valence-electron chi connectivity index (χ3n) is 7.48. The van der Waals surface area contributed by atoms with Gasteiger partial charge in [0, 0.05) is 25.7 Å². The minimum atomic E-state index is -0.939. The lowest BCUT2D eigenvalue weighted by molar-refractivity contribution is -0.124. The highest BCUT2D eigenvalue weighted by Crippen LogP contribution is 2.44. The average Bonchev–Trinajstić information content (AvgIpc) is 2.91. The van der Waals surface area contributed by atoms with Crippen LogP contribution < -0.4 is 11.1 Å². The summed E-state index contributed by atoms with van der Waals surface area (Å²) >= 11 is 0. The fraction of sp³-hybridized carbons (Fsp3) is 0.355. The molecule has 1 fully saturated rings. The van der Waals surface area contributed by atoms with Crippen LogP contribution in [0.1, 0.15) is 29.5 Å². The molecule has 1 atom stereocenters. The number of benzene rings is 3. The maximum absolute atomic E-state index is 13.3. The number of rotatable bonds is 9. The molecule has 0 radical (unpaired) electrons. The predicted octanol–water partition coefficient (Wildman–Crippen LogP) is 4.05. The second-order valence-electron chi connectivity index (χ2n) is 10.3. The van der Waals surface area contributed by atoms with Crippen molar-refractivity contribution in [2.75, 3.05) is 33.7 Å². The lowest BCUT2D eigenvalue weighted by Gasteiger charge is -2.44. The Hall–Kier alpha value is -3.64. The molecule has 1 saturated heterocycles. The van der Waals surface area contributed by atoms with E-state index < -0.39 is 5.41 Å². The van der Waals surface area contributed by atoms with Gasteiger partial charge in [0.15, 0.2) is 0 Å². The smallest absolute Gasteiger partial charge is 0.317 e. The molecule has 1 heterocycles. The van der Waals surface area contributed by atoms with E-state index in [0.717, 1.165) is 24.1 Å². The van der Waals surface area contributed by atoms with Crippen molar-refractivity contribution in [1.82, 2.24) is 15.1 Å². The SMILES string of the molecule is CN(C)CC(Cc1ccccc1)NC(=O)N1CCC(C(C(N)=O)(c2ccccc2)c2ccccc2)CC1. The molecule has 3 amide bonds. The largest absolute Gasteiger partial charge is 0.369 e. The summed E-state index contributed by atoms with van der Waals surface area (Å²) in [4.78, 5) is 30.6. The summed E-state index contributed by atoms with van der Waals surface area (Å²) in [5, 5.41) is 3.26. The molecule has 1 aliphatic rings. The molecule has 3 aromatic rings. The van der Waals surface area contributed by atoms with E-state index in [1.54, 1.807) is 0 Å². The van der Waals surface area contributed by atoms with E-state index in [1.807, 2.05) is 97.9 Å². The van der Waals surface area contributed by atoms with Crippen molar-refractivity contribution in [3.8, 4) is 0 Å². The van der Waals surface area contributed by atoms with Gasteiger partial charge in [-0.2, -0.15) is 0 Å². The summed E-state index contributed by atoms with van der Waals surface area (Å²) < 4.78 is 0. The molecule has 0 aromatic heterocycles. The van der Waals surface area contributed by atoms with Gasteiger partial charge in [0.2, 0.25) is 5.91 Å². The number of primary amides is 1. The van der Waals surface area contributed by atoms with E-state index >= 15 is 0 Å². The lowest BCUT2D eigenvalue weighted by Crippen LogP contribution is -2.55. The van der Waals surface area contributed by atoms with Crippen molar-refractivity contribution in [1.29, 1.82) is 0 Å². The van der Waals surface area contributed by atoms with E-state index in [2.05, 4.69) is 22.3 Å². The van der Waals surface area contributed by atoms with Gasteiger partial charge in [0.25, 0.3) is 0 Å². The molecule has 0 saturated carbocycles. The molecular weight excluding hydrogens is 460 g/mol. The van der Waals surface area contributed by atoms with E-state index in [9.17, 15) is 9.59 Å². The number of likely N-dealkylation sites (tertiary alicyclic amines) is 1. The average molecular weight is 499 g/mol. The zero-order chi connectivity index (χ0) is 26.3. The Kier molecular flexibility index (Phi) is 8.62. The first-order chi connectivity index (χ1) is 17.9. The molecule has 0 bridgehead atoms. The Morgan fingerprint density at radius 2 is 1.38 bits per heavy atom. The summed E-state index contributed by atoms with van der Waals surface area (Å²) in [6.07, 6.45) is 2.16. The maximum Gasteiger partial charge on any atom is 0.317 e. The lowest BCUT2D eigenvalue weighted by atomic mass is 9.62. The van der Waals surface area contributed by atoms with Crippen LogP contribution >= 0.6 is 0 Å². The van der Waals surface area contributed by atoms with Crippen LogP contribution in [0.15, 0.2) is 91.0 Å². The Bertz CT molecular complexity index is 1100. The minimum Gasteiger partial charge on any atom is -0.369 e. The molecule has 37 heavy (non-hydrogen) atoms. The number of urea groups is 1. The molecule has 4 rings (SSSR count). The van der Waals surface area contributed by atoms with Gasteiger partial charge in [-0.3, -0.25) is 4.79 Å². The van der Waals surface area contributed by atoms with Gasteiger partial charge < -0.3 is 20.9 Å². The zero-order valence-corrected chi connectivity index (χ0v) is 21.8. The molecule has 0 aliphatic carbocycles. The summed E-state index contributed by atoms with van der Waals surface area (Å²) in [6.45, 7) is 1.90. The highest BCUT2D eigenvalue weighted by molar-refractivity contribution is 5.91. The Morgan fingerprint density at radius 3 is 1.84 bits per heavy atom. The zero-order valence-electron chi connectivity index (χ0n) is 21.8. The van der Waals surface area contributed by atoms with E-state index in [-0.39, 0.29) is 23.9 Å². The summed E-state index contributed by atoms with van der Waals surface area (Å²) in [7, 11) is 4.04. The molecule has 3 N–H and O–H groups in total. The van der Waals surface area contributed by atoms with Gasteiger partial charge in [-0.15, -0.1) is 0 Å². The van der Waals surface area contributed by atoms with Gasteiger partial charge in [0.05, 0.1) is 0 Å². The summed E-state index contributed by atoms with van der Waals surface area (Å²) in [6, 6.07) is 29.9. The highest BCUT2D eigenvalue weighted by Gasteiger charge is 2.48. The van der Waals surface area contributed by atoms with Crippen LogP contribution in [0, 0.1) is 5.92 Å². The monoisotopic (exact) mass is 498 g/mol. The first-order valence-electron chi connectivity index (χ1n) is 13.1. The minimum absolute atomic E-state index is 0.000899. The first-order valence-corrected chi connectivity index (χ1v) is 13.1. The number of amides is 3. The number of piperidine rings is 1. The topological polar surface area (TPSA) is 78.7 Å². The molecule has 3 aromatic carbocycles. The number of carbonyl (C=O) groups is 2. The van der Waals surface area contributed by atoms with Crippen molar-refractivity contribution in [2.24, 2.45) is 11.7 Å². The number of nitrogens with two attached hydrogens (primary N) is 1. The van der Waals surface area contributed by atoms with Crippen molar-refractivity contribution >= 4 is 11.9 Å². The molecule has 1 unspecified atom stereocenters. The number of nitrogens with one attached hydrogen (secondary N) is 1. The predicted molar refractivity (Wildman–Crippen MR) is 148 cm³/mol. The van der Waals surface area contributed by atoms with Crippen LogP contribution in [0.3, 0.4) is 0 Å². The summed E-state index contributed by atoms with van der Waals surface area (Å²) in [5.74, 6) is -0.359. The third-order valence-corrected chi connectivity index (χ3v) is 7.48.